The van der Waals surface area contributed by atoms with Gasteiger partial charge < -0.3 is 14.2 Å². The van der Waals surface area contributed by atoms with Crippen molar-refractivity contribution in [3.8, 4) is 16.9 Å². The van der Waals surface area contributed by atoms with Gasteiger partial charge in [0.25, 0.3) is 0 Å². The zero-order chi connectivity index (χ0) is 25.7. The van der Waals surface area contributed by atoms with Gasteiger partial charge in [0.05, 0.1) is 18.5 Å². The third kappa shape index (κ3) is 4.92. The standard InChI is InChI=1S/C27H33FN2O5/c1-26(2,3)34-24(31)29-13-12-17-15-30(25(32)35-27(4,5)6)20-14-19(28)21(23(29)22(17)20)16-8-10-18(33-7)11-9-16/h8-11,14,17H,12-13,15H2,1-7H3. The molecule has 2 aromatic carbocycles. The van der Waals surface area contributed by atoms with Gasteiger partial charge in [-0.3, -0.25) is 9.80 Å². The summed E-state index contributed by atoms with van der Waals surface area (Å²) in [5.74, 6) is 0.0549. The number of benzene rings is 2. The van der Waals surface area contributed by atoms with Crippen LogP contribution in [0, 0.1) is 5.82 Å². The summed E-state index contributed by atoms with van der Waals surface area (Å²) < 4.78 is 32.4. The van der Waals surface area contributed by atoms with Crippen LogP contribution in [0.25, 0.3) is 11.1 Å². The van der Waals surface area contributed by atoms with Gasteiger partial charge >= 0.3 is 12.2 Å². The fourth-order valence-corrected chi connectivity index (χ4v) is 4.61. The van der Waals surface area contributed by atoms with E-state index in [2.05, 4.69) is 0 Å². The van der Waals surface area contributed by atoms with Crippen LogP contribution in [0.1, 0.15) is 59.4 Å². The average Bonchev–Trinajstić information content (AvgIpc) is 3.11. The molecule has 0 saturated heterocycles. The summed E-state index contributed by atoms with van der Waals surface area (Å²) in [7, 11) is 1.56. The Morgan fingerprint density at radius 2 is 1.51 bits per heavy atom. The van der Waals surface area contributed by atoms with Crippen LogP contribution in [0.2, 0.25) is 0 Å². The van der Waals surface area contributed by atoms with E-state index in [1.54, 1.807) is 72.9 Å². The number of amides is 2. The Hall–Kier alpha value is -3.29. The van der Waals surface area contributed by atoms with Gasteiger partial charge in [-0.1, -0.05) is 12.1 Å². The number of anilines is 2. The van der Waals surface area contributed by atoms with Crippen LogP contribution in [0.15, 0.2) is 30.3 Å². The summed E-state index contributed by atoms with van der Waals surface area (Å²) in [6.07, 6.45) is -0.463. The first-order valence-electron chi connectivity index (χ1n) is 11.8. The third-order valence-corrected chi connectivity index (χ3v) is 5.95. The molecule has 2 aliphatic rings. The van der Waals surface area contributed by atoms with Crippen LogP contribution in [0.4, 0.5) is 25.4 Å². The molecule has 2 aliphatic heterocycles. The highest BCUT2D eigenvalue weighted by Gasteiger charge is 2.44. The molecule has 0 radical (unpaired) electrons. The van der Waals surface area contributed by atoms with E-state index in [0.29, 0.717) is 47.8 Å². The number of carbonyl (C=O) groups is 2. The molecule has 0 saturated carbocycles. The van der Waals surface area contributed by atoms with Crippen molar-refractivity contribution >= 4 is 23.6 Å². The summed E-state index contributed by atoms with van der Waals surface area (Å²) >= 11 is 0. The maximum absolute atomic E-state index is 15.9. The Balaban J connectivity index is 1.89. The first-order chi connectivity index (χ1) is 16.3. The molecule has 2 heterocycles. The van der Waals surface area contributed by atoms with Crippen molar-refractivity contribution in [2.45, 2.75) is 65.1 Å². The van der Waals surface area contributed by atoms with Crippen molar-refractivity contribution in [1.82, 2.24) is 0 Å². The van der Waals surface area contributed by atoms with Crippen molar-refractivity contribution in [3.05, 3.63) is 41.7 Å². The molecule has 4 rings (SSSR count). The molecule has 0 aliphatic carbocycles. The molecule has 0 aromatic heterocycles. The maximum atomic E-state index is 15.9. The van der Waals surface area contributed by atoms with Crippen molar-refractivity contribution in [2.75, 3.05) is 30.0 Å². The highest BCUT2D eigenvalue weighted by atomic mass is 19.1. The average molecular weight is 485 g/mol. The molecule has 7 nitrogen and oxygen atoms in total. The van der Waals surface area contributed by atoms with E-state index in [9.17, 15) is 9.59 Å². The van der Waals surface area contributed by atoms with Gasteiger partial charge in [0.2, 0.25) is 0 Å². The number of nitrogens with zero attached hydrogens (tertiary/aromatic N) is 2. The molecule has 8 heteroatoms. The molecule has 0 spiro atoms. The Kier molecular flexibility index (Phi) is 6.19. The highest BCUT2D eigenvalue weighted by Crippen LogP contribution is 2.52. The summed E-state index contributed by atoms with van der Waals surface area (Å²) in [6.45, 7) is 11.5. The lowest BCUT2D eigenvalue weighted by Crippen LogP contribution is -2.41. The number of halogens is 1. The molecule has 2 amide bonds. The Morgan fingerprint density at radius 1 is 0.943 bits per heavy atom. The first kappa shape index (κ1) is 24.8. The third-order valence-electron chi connectivity index (χ3n) is 5.95. The minimum Gasteiger partial charge on any atom is -0.497 e. The van der Waals surface area contributed by atoms with Crippen molar-refractivity contribution in [1.29, 1.82) is 0 Å². The number of hydrogen-bond donors (Lipinski definition) is 0. The molecular weight excluding hydrogens is 451 g/mol. The maximum Gasteiger partial charge on any atom is 0.414 e. The number of rotatable bonds is 2. The van der Waals surface area contributed by atoms with Gasteiger partial charge in [0.1, 0.15) is 22.8 Å². The zero-order valence-corrected chi connectivity index (χ0v) is 21.4. The smallest absolute Gasteiger partial charge is 0.414 e. The van der Waals surface area contributed by atoms with Crippen LogP contribution < -0.4 is 14.5 Å². The summed E-state index contributed by atoms with van der Waals surface area (Å²) in [5.41, 5.74) is 1.14. The molecule has 0 N–H and O–H groups in total. The van der Waals surface area contributed by atoms with Gasteiger partial charge in [0.15, 0.2) is 0 Å². The topological polar surface area (TPSA) is 68.3 Å². The minimum absolute atomic E-state index is 0.0520. The van der Waals surface area contributed by atoms with E-state index < -0.39 is 29.2 Å². The van der Waals surface area contributed by atoms with Crippen LogP contribution >= 0.6 is 0 Å². The first-order valence-corrected chi connectivity index (χ1v) is 11.8. The SMILES string of the molecule is COc1ccc(-c2c(F)cc3c4c2N(C(=O)OC(C)(C)C)CCC4CN3C(=O)OC(C)(C)C)cc1. The summed E-state index contributed by atoms with van der Waals surface area (Å²) in [5, 5.41) is 0. The van der Waals surface area contributed by atoms with E-state index in [1.807, 2.05) is 0 Å². The van der Waals surface area contributed by atoms with Crippen LogP contribution in [0.5, 0.6) is 5.75 Å². The number of methoxy groups -OCH3 is 1. The second-order valence-electron chi connectivity index (χ2n) is 11.0. The Bertz CT molecular complexity index is 1150. The van der Waals surface area contributed by atoms with Crippen LogP contribution in [0.3, 0.4) is 0 Å². The number of hydrogen-bond acceptors (Lipinski definition) is 5. The molecule has 1 unspecified atom stereocenters. The van der Waals surface area contributed by atoms with Gasteiger partial charge in [-0.2, -0.15) is 0 Å². The minimum atomic E-state index is -0.715. The van der Waals surface area contributed by atoms with Crippen LogP contribution in [-0.4, -0.2) is 43.6 Å². The fourth-order valence-electron chi connectivity index (χ4n) is 4.61. The number of carbonyl (C=O) groups excluding carboxylic acids is 2. The molecule has 188 valence electrons. The van der Waals surface area contributed by atoms with Crippen molar-refractivity contribution < 1.29 is 28.2 Å². The van der Waals surface area contributed by atoms with E-state index in [-0.39, 0.29) is 5.92 Å². The normalized spacial score (nSPS) is 17.2. The molecule has 1 atom stereocenters. The van der Waals surface area contributed by atoms with E-state index in [0.717, 1.165) is 5.56 Å². The van der Waals surface area contributed by atoms with Gasteiger partial charge in [0, 0.05) is 30.1 Å². The second kappa shape index (κ2) is 8.73. The quantitative estimate of drug-likeness (QED) is 0.488. The van der Waals surface area contributed by atoms with E-state index in [4.69, 9.17) is 14.2 Å². The molecular formula is C27H33FN2O5. The fraction of sp³-hybridized carbons (Fsp3) is 0.481. The molecule has 0 bridgehead atoms. The van der Waals surface area contributed by atoms with Gasteiger partial charge in [-0.05, 0) is 71.7 Å². The lowest BCUT2D eigenvalue weighted by molar-refractivity contribution is 0.0564. The molecule has 35 heavy (non-hydrogen) atoms. The summed E-state index contributed by atoms with van der Waals surface area (Å²) in [6, 6.07) is 8.40. The predicted molar refractivity (Wildman–Crippen MR) is 133 cm³/mol. The largest absolute Gasteiger partial charge is 0.497 e. The summed E-state index contributed by atoms with van der Waals surface area (Å²) in [4.78, 5) is 29.3. The van der Waals surface area contributed by atoms with Crippen LogP contribution in [-0.2, 0) is 9.47 Å². The van der Waals surface area contributed by atoms with Crippen molar-refractivity contribution in [2.24, 2.45) is 0 Å². The van der Waals surface area contributed by atoms with E-state index >= 15 is 4.39 Å². The zero-order valence-electron chi connectivity index (χ0n) is 21.4. The second-order valence-corrected chi connectivity index (χ2v) is 11.0. The van der Waals surface area contributed by atoms with Gasteiger partial charge in [-0.25, -0.2) is 14.0 Å². The predicted octanol–water partition coefficient (Wildman–Crippen LogP) is 6.49. The van der Waals surface area contributed by atoms with E-state index in [1.165, 1.54) is 15.9 Å². The lowest BCUT2D eigenvalue weighted by Gasteiger charge is -2.35. The number of ether oxygens (including phenoxy) is 3. The lowest BCUT2D eigenvalue weighted by atomic mass is 9.87. The monoisotopic (exact) mass is 484 g/mol. The molecule has 0 fully saturated rings. The Labute approximate surface area is 205 Å². The highest BCUT2D eigenvalue weighted by molar-refractivity contribution is 6.02. The van der Waals surface area contributed by atoms with Crippen molar-refractivity contribution in [3.63, 3.8) is 0 Å². The molecule has 2 aromatic rings. The van der Waals surface area contributed by atoms with Gasteiger partial charge in [-0.15, -0.1) is 0 Å². The Morgan fingerprint density at radius 3 is 2.06 bits per heavy atom.